The first-order valence-corrected chi connectivity index (χ1v) is 11.3. The Labute approximate surface area is 171 Å². The van der Waals surface area contributed by atoms with Crippen LogP contribution < -0.4 is 10.6 Å². The highest BCUT2D eigenvalue weighted by Gasteiger charge is 2.24. The van der Waals surface area contributed by atoms with Crippen molar-refractivity contribution in [3.63, 3.8) is 0 Å². The van der Waals surface area contributed by atoms with Gasteiger partial charge in [-0.25, -0.2) is 0 Å². The highest BCUT2D eigenvalue weighted by Crippen LogP contribution is 2.39. The molecule has 0 aliphatic rings. The molecule has 2 nitrogen and oxygen atoms in total. The summed E-state index contributed by atoms with van der Waals surface area (Å²) in [6.45, 7) is 7.57. The van der Waals surface area contributed by atoms with Crippen LogP contribution in [0.15, 0.2) is 98.1 Å². The van der Waals surface area contributed by atoms with E-state index in [4.69, 9.17) is 0 Å². The maximum Gasteiger partial charge on any atom is 0.258 e. The van der Waals surface area contributed by atoms with Gasteiger partial charge in [-0.15, -0.1) is 13.2 Å². The molecule has 0 bridgehead atoms. The molecule has 0 atom stereocenters. The summed E-state index contributed by atoms with van der Waals surface area (Å²) >= 11 is 0. The first kappa shape index (κ1) is 19.4. The van der Waals surface area contributed by atoms with Gasteiger partial charge < -0.3 is 4.89 Å². The number of benzene rings is 4. The smallest absolute Gasteiger partial charge is 0.258 e. The van der Waals surface area contributed by atoms with Crippen molar-refractivity contribution >= 4 is 39.5 Å². The number of fused-ring (bicyclic) bond motifs is 2. The predicted molar refractivity (Wildman–Crippen MR) is 125 cm³/mol. The Morgan fingerprint density at radius 2 is 1.07 bits per heavy atom. The third-order valence-corrected chi connectivity index (χ3v) is 7.19. The van der Waals surface area contributed by atoms with Gasteiger partial charge in [-0.3, -0.25) is 4.57 Å². The van der Waals surface area contributed by atoms with Gasteiger partial charge >= 0.3 is 0 Å². The Balaban J connectivity index is 1.79. The fourth-order valence-corrected chi connectivity index (χ4v) is 5.16. The second-order valence-electron chi connectivity index (χ2n) is 7.29. The lowest BCUT2D eigenvalue weighted by Gasteiger charge is -2.14. The van der Waals surface area contributed by atoms with Crippen molar-refractivity contribution in [2.45, 2.75) is 12.8 Å². The second-order valence-corrected chi connectivity index (χ2v) is 9.48. The van der Waals surface area contributed by atoms with E-state index in [0.29, 0.717) is 10.6 Å². The molecule has 4 rings (SSSR count). The van der Waals surface area contributed by atoms with Gasteiger partial charge in [0.05, 0.1) is 0 Å². The van der Waals surface area contributed by atoms with Gasteiger partial charge in [0.1, 0.15) is 0 Å². The summed E-state index contributed by atoms with van der Waals surface area (Å²) in [6, 6.07) is 23.3. The summed E-state index contributed by atoms with van der Waals surface area (Å²) in [5.74, 6) is 0. The van der Waals surface area contributed by atoms with Gasteiger partial charge in [-0.05, 0) is 69.8 Å². The molecule has 0 saturated heterocycles. The van der Waals surface area contributed by atoms with Crippen LogP contribution in [-0.2, 0) is 17.4 Å². The van der Waals surface area contributed by atoms with Crippen molar-refractivity contribution in [2.75, 3.05) is 0 Å². The van der Waals surface area contributed by atoms with E-state index < -0.39 is 7.37 Å². The van der Waals surface area contributed by atoms with Crippen molar-refractivity contribution in [2.24, 2.45) is 0 Å². The van der Waals surface area contributed by atoms with Crippen LogP contribution >= 0.6 is 7.37 Å². The van der Waals surface area contributed by atoms with E-state index in [1.165, 1.54) is 0 Å². The van der Waals surface area contributed by atoms with Crippen LogP contribution in [0.5, 0.6) is 0 Å². The molecule has 4 aromatic rings. The lowest BCUT2D eigenvalue weighted by atomic mass is 10.1. The van der Waals surface area contributed by atoms with Gasteiger partial charge in [0.2, 0.25) is 0 Å². The minimum Gasteiger partial charge on any atom is -0.338 e. The molecule has 0 aromatic heterocycles. The van der Waals surface area contributed by atoms with Crippen LogP contribution in [0.4, 0.5) is 0 Å². The minimum atomic E-state index is -3.71. The average Bonchev–Trinajstić information content (AvgIpc) is 2.73. The molecule has 144 valence electrons. The molecule has 1 N–H and O–H groups in total. The Bertz CT molecular complexity index is 1190. The molecule has 0 unspecified atom stereocenters. The summed E-state index contributed by atoms with van der Waals surface area (Å²) < 4.78 is 13.4. The second kappa shape index (κ2) is 7.83. The molecule has 29 heavy (non-hydrogen) atoms. The first-order valence-electron chi connectivity index (χ1n) is 9.62. The standard InChI is InChI=1S/C26H23O2P/c1-3-5-19-7-9-21-11-13-25(17-23(21)15-19)29(27,28)26-14-12-22-10-8-20(6-4-2)16-24(22)18-26/h3-4,7-18H,1-2,5-6H2,(H,27,28). The quantitative estimate of drug-likeness (QED) is 0.336. The molecule has 3 heteroatoms. The van der Waals surface area contributed by atoms with Gasteiger partial charge in [-0.1, -0.05) is 60.7 Å². The van der Waals surface area contributed by atoms with Crippen molar-refractivity contribution < 1.29 is 9.46 Å². The van der Waals surface area contributed by atoms with Crippen molar-refractivity contribution in [1.29, 1.82) is 0 Å². The number of allylic oxidation sites excluding steroid dienone is 2. The van der Waals surface area contributed by atoms with Crippen LogP contribution in [0.1, 0.15) is 11.1 Å². The van der Waals surface area contributed by atoms with E-state index in [1.807, 2.05) is 48.6 Å². The SMILES string of the molecule is C=CCc1ccc2ccc(P(=O)(O)c3ccc4ccc(CC=C)cc4c3)cc2c1. The average molecular weight is 398 g/mol. The molecule has 0 saturated carbocycles. The van der Waals surface area contributed by atoms with Crippen LogP contribution in [0.3, 0.4) is 0 Å². The van der Waals surface area contributed by atoms with E-state index in [0.717, 1.165) is 45.5 Å². The maximum atomic E-state index is 13.4. The fraction of sp³-hybridized carbons (Fsp3) is 0.0769. The Morgan fingerprint density at radius 3 is 1.48 bits per heavy atom. The molecule has 0 aliphatic heterocycles. The van der Waals surface area contributed by atoms with Gasteiger partial charge in [0.25, 0.3) is 7.37 Å². The summed E-state index contributed by atoms with van der Waals surface area (Å²) in [5.41, 5.74) is 2.27. The van der Waals surface area contributed by atoms with E-state index >= 15 is 0 Å². The molecule has 0 heterocycles. The normalized spacial score (nSPS) is 11.6. The zero-order valence-electron chi connectivity index (χ0n) is 16.2. The van der Waals surface area contributed by atoms with Crippen LogP contribution in [0, 0.1) is 0 Å². The number of hydrogen-bond donors (Lipinski definition) is 1. The lowest BCUT2D eigenvalue weighted by molar-refractivity contribution is 0.501. The summed E-state index contributed by atoms with van der Waals surface area (Å²) in [7, 11) is -3.71. The number of rotatable bonds is 6. The summed E-state index contributed by atoms with van der Waals surface area (Å²) in [6.07, 6.45) is 5.26. The Morgan fingerprint density at radius 1 is 0.655 bits per heavy atom. The summed E-state index contributed by atoms with van der Waals surface area (Å²) in [5, 5.41) is 4.92. The maximum absolute atomic E-state index is 13.4. The first-order chi connectivity index (χ1) is 14.0. The third kappa shape index (κ3) is 3.82. The molecule has 0 radical (unpaired) electrons. The topological polar surface area (TPSA) is 37.3 Å². The minimum absolute atomic E-state index is 0.447. The molecular weight excluding hydrogens is 375 g/mol. The van der Waals surface area contributed by atoms with Gasteiger partial charge in [-0.2, -0.15) is 0 Å². The zero-order chi connectivity index (χ0) is 20.4. The highest BCUT2D eigenvalue weighted by atomic mass is 31.2. The summed E-state index contributed by atoms with van der Waals surface area (Å²) in [4.78, 5) is 11.0. The van der Waals surface area contributed by atoms with E-state index in [-0.39, 0.29) is 0 Å². The van der Waals surface area contributed by atoms with Crippen molar-refractivity contribution in [1.82, 2.24) is 0 Å². The van der Waals surface area contributed by atoms with E-state index in [9.17, 15) is 9.46 Å². The van der Waals surface area contributed by atoms with Crippen LogP contribution in [0.2, 0.25) is 0 Å². The van der Waals surface area contributed by atoms with Gasteiger partial charge in [0, 0.05) is 10.6 Å². The van der Waals surface area contributed by atoms with Crippen LogP contribution in [-0.4, -0.2) is 4.89 Å². The largest absolute Gasteiger partial charge is 0.338 e. The fourth-order valence-electron chi connectivity index (χ4n) is 3.68. The molecule has 0 aliphatic carbocycles. The molecule has 0 fully saturated rings. The number of hydrogen-bond acceptors (Lipinski definition) is 1. The lowest BCUT2D eigenvalue weighted by Crippen LogP contribution is -2.15. The Hall–Kier alpha value is -2.93. The van der Waals surface area contributed by atoms with Gasteiger partial charge in [0.15, 0.2) is 0 Å². The van der Waals surface area contributed by atoms with E-state index in [2.05, 4.69) is 37.4 Å². The molecular formula is C26H23O2P. The predicted octanol–water partition coefficient (Wildman–Crippen LogP) is 5.67. The highest BCUT2D eigenvalue weighted by molar-refractivity contribution is 7.73. The molecule has 0 spiro atoms. The molecule has 0 amide bonds. The van der Waals surface area contributed by atoms with Crippen molar-refractivity contribution in [3.8, 4) is 0 Å². The van der Waals surface area contributed by atoms with E-state index in [1.54, 1.807) is 12.1 Å². The monoisotopic (exact) mass is 398 g/mol. The molecule has 4 aromatic carbocycles. The Kier molecular flexibility index (Phi) is 5.24. The zero-order valence-corrected chi connectivity index (χ0v) is 17.1. The van der Waals surface area contributed by atoms with Crippen LogP contribution in [0.25, 0.3) is 21.5 Å². The van der Waals surface area contributed by atoms with Crippen molar-refractivity contribution in [3.05, 3.63) is 109 Å². The third-order valence-electron chi connectivity index (χ3n) is 5.24.